The Morgan fingerprint density at radius 2 is 1.72 bits per heavy atom. The van der Waals surface area contributed by atoms with Crippen LogP contribution in [0.1, 0.15) is 21.5 Å². The van der Waals surface area contributed by atoms with E-state index < -0.39 is 11.7 Å². The Morgan fingerprint density at radius 3 is 2.34 bits per heavy atom. The van der Waals surface area contributed by atoms with Gasteiger partial charge in [-0.15, -0.1) is 0 Å². The van der Waals surface area contributed by atoms with Gasteiger partial charge >= 0.3 is 6.18 Å². The third kappa shape index (κ3) is 5.00. The summed E-state index contributed by atoms with van der Waals surface area (Å²) in [5.74, 6) is 0.888. The average molecular weight is 408 g/mol. The predicted molar refractivity (Wildman–Crippen MR) is 102 cm³/mol. The summed E-state index contributed by atoms with van der Waals surface area (Å²) in [5.41, 5.74) is 0.390. The second-order valence-corrected chi connectivity index (χ2v) is 6.83. The van der Waals surface area contributed by atoms with E-state index in [2.05, 4.69) is 0 Å². The Balaban J connectivity index is 1.63. The molecule has 3 rings (SSSR count). The lowest BCUT2D eigenvalue weighted by molar-refractivity contribution is -0.137. The van der Waals surface area contributed by atoms with Crippen molar-refractivity contribution in [2.45, 2.75) is 12.7 Å². The molecule has 1 amide bonds. The van der Waals surface area contributed by atoms with E-state index in [0.717, 1.165) is 6.07 Å². The molecular weight excluding hydrogens is 385 g/mol. The van der Waals surface area contributed by atoms with E-state index in [1.165, 1.54) is 26.4 Å². The van der Waals surface area contributed by atoms with Gasteiger partial charge in [0.15, 0.2) is 0 Å². The minimum absolute atomic E-state index is 0.153. The lowest BCUT2D eigenvalue weighted by Crippen LogP contribution is -2.48. The zero-order valence-corrected chi connectivity index (χ0v) is 16.3. The number of carbonyl (C=O) groups excluding carboxylic acids is 1. The van der Waals surface area contributed by atoms with Gasteiger partial charge in [0.2, 0.25) is 0 Å². The van der Waals surface area contributed by atoms with Gasteiger partial charge < -0.3 is 14.4 Å². The average Bonchev–Trinajstić information content (AvgIpc) is 2.73. The topological polar surface area (TPSA) is 42.0 Å². The van der Waals surface area contributed by atoms with Crippen molar-refractivity contribution < 1.29 is 27.4 Å². The molecule has 2 aromatic carbocycles. The summed E-state index contributed by atoms with van der Waals surface area (Å²) in [7, 11) is 3.04. The number of amides is 1. The van der Waals surface area contributed by atoms with E-state index in [1.807, 2.05) is 4.90 Å². The normalized spacial score (nSPS) is 15.3. The fourth-order valence-corrected chi connectivity index (χ4v) is 3.36. The maximum Gasteiger partial charge on any atom is 0.416 e. The monoisotopic (exact) mass is 408 g/mol. The molecule has 0 N–H and O–H groups in total. The molecule has 1 saturated heterocycles. The SMILES string of the molecule is COc1ccc(OC)c(C(=O)N2CCN(Cc3cccc(C(F)(F)F)c3)CC2)c1. The molecule has 0 aromatic heterocycles. The van der Waals surface area contributed by atoms with Gasteiger partial charge in [-0.2, -0.15) is 13.2 Å². The summed E-state index contributed by atoms with van der Waals surface area (Å²) < 4.78 is 49.1. The largest absolute Gasteiger partial charge is 0.497 e. The highest BCUT2D eigenvalue weighted by Gasteiger charge is 2.30. The molecule has 0 aliphatic carbocycles. The van der Waals surface area contributed by atoms with Crippen LogP contribution in [0.15, 0.2) is 42.5 Å². The van der Waals surface area contributed by atoms with Crippen LogP contribution in [-0.2, 0) is 12.7 Å². The number of alkyl halides is 3. The number of piperazine rings is 1. The molecule has 8 heteroatoms. The molecule has 0 unspecified atom stereocenters. The van der Waals surface area contributed by atoms with Gasteiger partial charge in [-0.25, -0.2) is 0 Å². The van der Waals surface area contributed by atoms with Gasteiger partial charge in [0.1, 0.15) is 11.5 Å². The van der Waals surface area contributed by atoms with Crippen LogP contribution in [0.2, 0.25) is 0 Å². The molecule has 1 aliphatic heterocycles. The first-order valence-corrected chi connectivity index (χ1v) is 9.21. The molecule has 156 valence electrons. The Kier molecular flexibility index (Phi) is 6.32. The van der Waals surface area contributed by atoms with Gasteiger partial charge in [-0.05, 0) is 29.8 Å². The van der Waals surface area contributed by atoms with Crippen LogP contribution in [0.25, 0.3) is 0 Å². The number of carbonyl (C=O) groups is 1. The fourth-order valence-electron chi connectivity index (χ4n) is 3.36. The molecular formula is C21H23F3N2O3. The first-order chi connectivity index (χ1) is 13.8. The van der Waals surface area contributed by atoms with Gasteiger partial charge in [0, 0.05) is 32.7 Å². The fraction of sp³-hybridized carbons (Fsp3) is 0.381. The van der Waals surface area contributed by atoms with E-state index >= 15 is 0 Å². The van der Waals surface area contributed by atoms with Crippen LogP contribution in [0.3, 0.4) is 0 Å². The minimum atomic E-state index is -4.35. The molecule has 0 atom stereocenters. The molecule has 0 radical (unpaired) electrons. The summed E-state index contributed by atoms with van der Waals surface area (Å²) in [5, 5.41) is 0. The highest BCUT2D eigenvalue weighted by Crippen LogP contribution is 2.30. The zero-order valence-electron chi connectivity index (χ0n) is 16.3. The third-order valence-corrected chi connectivity index (χ3v) is 4.96. The second-order valence-electron chi connectivity index (χ2n) is 6.83. The number of hydrogen-bond donors (Lipinski definition) is 0. The van der Waals surface area contributed by atoms with Crippen LogP contribution in [0, 0.1) is 0 Å². The Hall–Kier alpha value is -2.74. The smallest absolute Gasteiger partial charge is 0.416 e. The van der Waals surface area contributed by atoms with Crippen LogP contribution in [-0.4, -0.2) is 56.1 Å². The molecule has 1 fully saturated rings. The quantitative estimate of drug-likeness (QED) is 0.757. The highest BCUT2D eigenvalue weighted by molar-refractivity contribution is 5.97. The molecule has 29 heavy (non-hydrogen) atoms. The number of ether oxygens (including phenoxy) is 2. The minimum Gasteiger partial charge on any atom is -0.497 e. The van der Waals surface area contributed by atoms with Crippen molar-refractivity contribution in [3.63, 3.8) is 0 Å². The van der Waals surface area contributed by atoms with Crippen LogP contribution in [0.5, 0.6) is 11.5 Å². The lowest BCUT2D eigenvalue weighted by Gasteiger charge is -2.35. The van der Waals surface area contributed by atoms with E-state index in [0.29, 0.717) is 55.3 Å². The van der Waals surface area contributed by atoms with Crippen LogP contribution in [0.4, 0.5) is 13.2 Å². The number of hydrogen-bond acceptors (Lipinski definition) is 4. The maximum absolute atomic E-state index is 12.9. The van der Waals surface area contributed by atoms with E-state index in [-0.39, 0.29) is 5.91 Å². The molecule has 0 spiro atoms. The highest BCUT2D eigenvalue weighted by atomic mass is 19.4. The van der Waals surface area contributed by atoms with Crippen molar-refractivity contribution in [2.75, 3.05) is 40.4 Å². The summed E-state index contributed by atoms with van der Waals surface area (Å²) in [4.78, 5) is 16.7. The summed E-state index contributed by atoms with van der Waals surface area (Å²) >= 11 is 0. The Labute approximate surface area is 167 Å². The number of rotatable bonds is 5. The number of benzene rings is 2. The Morgan fingerprint density at radius 1 is 1.00 bits per heavy atom. The van der Waals surface area contributed by atoms with Crippen molar-refractivity contribution in [1.29, 1.82) is 0 Å². The second kappa shape index (κ2) is 8.73. The zero-order chi connectivity index (χ0) is 21.0. The van der Waals surface area contributed by atoms with Crippen molar-refractivity contribution in [3.05, 3.63) is 59.2 Å². The molecule has 0 saturated carbocycles. The van der Waals surface area contributed by atoms with Crippen molar-refractivity contribution >= 4 is 5.91 Å². The van der Waals surface area contributed by atoms with Crippen molar-refractivity contribution in [1.82, 2.24) is 9.80 Å². The van der Waals surface area contributed by atoms with E-state index in [9.17, 15) is 18.0 Å². The molecule has 5 nitrogen and oxygen atoms in total. The van der Waals surface area contributed by atoms with Gasteiger partial charge in [0.25, 0.3) is 5.91 Å². The number of halogens is 3. The molecule has 1 heterocycles. The lowest BCUT2D eigenvalue weighted by atomic mass is 10.1. The Bertz CT molecular complexity index is 862. The van der Waals surface area contributed by atoms with E-state index in [4.69, 9.17) is 9.47 Å². The molecule has 1 aliphatic rings. The van der Waals surface area contributed by atoms with Crippen molar-refractivity contribution in [3.8, 4) is 11.5 Å². The summed E-state index contributed by atoms with van der Waals surface area (Å²) in [6.45, 7) is 2.54. The van der Waals surface area contributed by atoms with Crippen molar-refractivity contribution in [2.24, 2.45) is 0 Å². The standard InChI is InChI=1S/C21H23F3N2O3/c1-28-17-6-7-19(29-2)18(13-17)20(27)26-10-8-25(9-11-26)14-15-4-3-5-16(12-15)21(22,23)24/h3-7,12-13H,8-11,14H2,1-2H3. The van der Waals surface area contributed by atoms with Gasteiger partial charge in [0.05, 0.1) is 25.3 Å². The maximum atomic E-state index is 12.9. The first kappa shape index (κ1) is 21.0. The molecule has 2 aromatic rings. The predicted octanol–water partition coefficient (Wildman–Crippen LogP) is 3.68. The first-order valence-electron chi connectivity index (χ1n) is 9.21. The summed E-state index contributed by atoms with van der Waals surface area (Å²) in [6.07, 6.45) is -4.35. The van der Waals surface area contributed by atoms with E-state index in [1.54, 1.807) is 29.2 Å². The number of nitrogens with zero attached hydrogens (tertiary/aromatic N) is 2. The van der Waals surface area contributed by atoms with Gasteiger partial charge in [-0.3, -0.25) is 9.69 Å². The summed E-state index contributed by atoms with van der Waals surface area (Å²) in [6, 6.07) is 10.4. The van der Waals surface area contributed by atoms with Gasteiger partial charge in [-0.1, -0.05) is 18.2 Å². The van der Waals surface area contributed by atoms with Crippen LogP contribution < -0.4 is 9.47 Å². The third-order valence-electron chi connectivity index (χ3n) is 4.96. The van der Waals surface area contributed by atoms with Crippen LogP contribution >= 0.6 is 0 Å². The molecule has 0 bridgehead atoms. The number of methoxy groups -OCH3 is 2.